The highest BCUT2D eigenvalue weighted by atomic mass is 16.4. The normalized spacial score (nSPS) is 19.8. The third-order valence-electron chi connectivity index (χ3n) is 3.26. The summed E-state index contributed by atoms with van der Waals surface area (Å²) in [6.45, 7) is 3.92. The molecule has 1 rings (SSSR count). The molecule has 1 aliphatic carbocycles. The number of hydrogen-bond donors (Lipinski definition) is 2. The molecule has 0 aromatic heterocycles. The van der Waals surface area contributed by atoms with E-state index in [1.165, 1.54) is 6.42 Å². The molecule has 0 amide bonds. The van der Waals surface area contributed by atoms with Crippen molar-refractivity contribution in [1.82, 2.24) is 0 Å². The second-order valence-corrected chi connectivity index (χ2v) is 4.87. The zero-order valence-corrected chi connectivity index (χ0v) is 13.2. The Morgan fingerprint density at radius 3 is 2.48 bits per heavy atom. The Hall–Kier alpha value is -1.53. The Labute approximate surface area is 128 Å². The van der Waals surface area contributed by atoms with Gasteiger partial charge in [0.2, 0.25) is 0 Å². The number of aliphatic hydroxyl groups excluding tert-OH is 1. The SMILES string of the molecule is CC.O=C(O)CCC/C=C\CC1CC1C/C=C\C#CCO. The molecule has 2 atom stereocenters. The van der Waals surface area contributed by atoms with Crippen molar-refractivity contribution in [2.45, 2.75) is 52.4 Å². The first-order valence-corrected chi connectivity index (χ1v) is 7.85. The molecule has 0 aliphatic heterocycles. The van der Waals surface area contributed by atoms with E-state index >= 15 is 0 Å². The number of carboxylic acids is 1. The molecule has 0 heterocycles. The Bertz CT molecular complexity index is 385. The van der Waals surface area contributed by atoms with E-state index < -0.39 is 5.97 Å². The first-order valence-electron chi connectivity index (χ1n) is 7.85. The molecule has 2 N–H and O–H groups in total. The van der Waals surface area contributed by atoms with Crippen LogP contribution in [0.25, 0.3) is 0 Å². The van der Waals surface area contributed by atoms with Crippen LogP contribution < -0.4 is 0 Å². The molecule has 118 valence electrons. The standard InChI is InChI=1S/C16H22O3.C2H6/c17-12-8-4-3-6-10-15-13-14(15)9-5-1-2-7-11-16(18)19;1-2/h1,3,5-6,14-15,17H,2,7,9-13H2,(H,18,19);1-2H3/b5-1-,6-3-;. The Kier molecular flexibility index (Phi) is 12.5. The largest absolute Gasteiger partial charge is 0.481 e. The van der Waals surface area contributed by atoms with Gasteiger partial charge in [0, 0.05) is 6.42 Å². The fourth-order valence-corrected chi connectivity index (χ4v) is 2.05. The lowest BCUT2D eigenvalue weighted by atomic mass is 10.1. The predicted molar refractivity (Wildman–Crippen MR) is 86.8 cm³/mol. The number of carbonyl (C=O) groups is 1. The molecular formula is C18H28O3. The van der Waals surface area contributed by atoms with E-state index in [2.05, 4.69) is 30.1 Å². The van der Waals surface area contributed by atoms with Crippen molar-refractivity contribution in [1.29, 1.82) is 0 Å². The fraction of sp³-hybridized carbons (Fsp3) is 0.611. The van der Waals surface area contributed by atoms with Gasteiger partial charge in [0.05, 0.1) is 0 Å². The first kappa shape index (κ1) is 19.5. The number of rotatable bonds is 8. The maximum absolute atomic E-state index is 10.3. The van der Waals surface area contributed by atoms with Crippen molar-refractivity contribution in [3.63, 3.8) is 0 Å². The molecule has 0 aromatic carbocycles. The van der Waals surface area contributed by atoms with E-state index in [4.69, 9.17) is 10.2 Å². The van der Waals surface area contributed by atoms with Gasteiger partial charge in [0.15, 0.2) is 0 Å². The van der Waals surface area contributed by atoms with Gasteiger partial charge in [-0.2, -0.15) is 0 Å². The molecule has 1 aliphatic rings. The van der Waals surface area contributed by atoms with Crippen molar-refractivity contribution in [2.75, 3.05) is 6.61 Å². The van der Waals surface area contributed by atoms with Gasteiger partial charge in [-0.15, -0.1) is 0 Å². The molecule has 2 unspecified atom stereocenters. The summed E-state index contributed by atoms with van der Waals surface area (Å²) in [5.41, 5.74) is 0. The molecule has 0 radical (unpaired) electrons. The maximum Gasteiger partial charge on any atom is 0.303 e. The van der Waals surface area contributed by atoms with Crippen LogP contribution in [0.2, 0.25) is 0 Å². The highest BCUT2D eigenvalue weighted by molar-refractivity contribution is 5.66. The van der Waals surface area contributed by atoms with Crippen molar-refractivity contribution in [3.05, 3.63) is 24.3 Å². The topological polar surface area (TPSA) is 57.5 Å². The minimum absolute atomic E-state index is 0.0803. The maximum atomic E-state index is 10.3. The molecular weight excluding hydrogens is 264 g/mol. The van der Waals surface area contributed by atoms with E-state index in [0.29, 0.717) is 0 Å². The quantitative estimate of drug-likeness (QED) is 0.406. The number of allylic oxidation sites excluding steroid dienone is 4. The highest BCUT2D eigenvalue weighted by Gasteiger charge is 2.34. The molecule has 0 spiro atoms. The summed E-state index contributed by atoms with van der Waals surface area (Å²) in [6.07, 6.45) is 13.5. The molecule has 1 fully saturated rings. The zero-order valence-electron chi connectivity index (χ0n) is 13.2. The highest BCUT2D eigenvalue weighted by Crippen LogP contribution is 2.44. The third kappa shape index (κ3) is 12.0. The van der Waals surface area contributed by atoms with Crippen molar-refractivity contribution in [3.8, 4) is 11.8 Å². The minimum atomic E-state index is -0.716. The van der Waals surface area contributed by atoms with Gasteiger partial charge < -0.3 is 10.2 Å². The average molecular weight is 292 g/mol. The van der Waals surface area contributed by atoms with Gasteiger partial charge in [0.1, 0.15) is 6.61 Å². The molecule has 1 saturated carbocycles. The van der Waals surface area contributed by atoms with Gasteiger partial charge in [-0.05, 0) is 50.0 Å². The molecule has 3 nitrogen and oxygen atoms in total. The Balaban J connectivity index is 0.00000191. The smallest absolute Gasteiger partial charge is 0.303 e. The molecule has 0 aromatic rings. The summed E-state index contributed by atoms with van der Waals surface area (Å²) in [5.74, 6) is 6.19. The van der Waals surface area contributed by atoms with Gasteiger partial charge >= 0.3 is 5.97 Å². The summed E-state index contributed by atoms with van der Waals surface area (Å²) in [6, 6.07) is 0. The van der Waals surface area contributed by atoms with E-state index in [0.717, 1.165) is 37.5 Å². The number of unbranched alkanes of at least 4 members (excludes halogenated alkanes) is 1. The summed E-state index contributed by atoms with van der Waals surface area (Å²) in [7, 11) is 0. The van der Waals surface area contributed by atoms with Crippen molar-refractivity contribution in [2.24, 2.45) is 11.8 Å². The van der Waals surface area contributed by atoms with Crippen LogP contribution in [0.4, 0.5) is 0 Å². The van der Waals surface area contributed by atoms with Crippen LogP contribution in [0.1, 0.15) is 52.4 Å². The van der Waals surface area contributed by atoms with E-state index in [1.807, 2.05) is 19.9 Å². The molecule has 3 heteroatoms. The van der Waals surface area contributed by atoms with Crippen LogP contribution in [-0.2, 0) is 4.79 Å². The van der Waals surface area contributed by atoms with E-state index in [1.54, 1.807) is 0 Å². The van der Waals surface area contributed by atoms with Crippen LogP contribution in [0, 0.1) is 23.7 Å². The second-order valence-electron chi connectivity index (χ2n) is 4.87. The van der Waals surface area contributed by atoms with Crippen molar-refractivity contribution < 1.29 is 15.0 Å². The number of aliphatic hydroxyl groups is 1. The van der Waals surface area contributed by atoms with E-state index in [9.17, 15) is 4.79 Å². The number of aliphatic carboxylic acids is 1. The molecule has 21 heavy (non-hydrogen) atoms. The fourth-order valence-electron chi connectivity index (χ4n) is 2.05. The average Bonchev–Trinajstić information content (AvgIpc) is 3.23. The van der Waals surface area contributed by atoms with Crippen LogP contribution in [0.5, 0.6) is 0 Å². The summed E-state index contributed by atoms with van der Waals surface area (Å²) in [5, 5.41) is 17.0. The van der Waals surface area contributed by atoms with Crippen molar-refractivity contribution >= 4 is 5.97 Å². The lowest BCUT2D eigenvalue weighted by Gasteiger charge is -1.93. The minimum Gasteiger partial charge on any atom is -0.481 e. The predicted octanol–water partition coefficient (Wildman–Crippen LogP) is 3.79. The van der Waals surface area contributed by atoms with Crippen LogP contribution in [0.3, 0.4) is 0 Å². The second kappa shape index (κ2) is 13.5. The molecule has 0 saturated heterocycles. The Morgan fingerprint density at radius 2 is 1.86 bits per heavy atom. The van der Waals surface area contributed by atoms with E-state index in [-0.39, 0.29) is 13.0 Å². The summed E-state index contributed by atoms with van der Waals surface area (Å²) < 4.78 is 0. The third-order valence-corrected chi connectivity index (χ3v) is 3.26. The number of carboxylic acid groups (broad SMARTS) is 1. The van der Waals surface area contributed by atoms with Crippen LogP contribution >= 0.6 is 0 Å². The zero-order chi connectivity index (χ0) is 15.9. The molecule has 0 bridgehead atoms. The summed E-state index contributed by atoms with van der Waals surface area (Å²) >= 11 is 0. The number of hydrogen-bond acceptors (Lipinski definition) is 2. The monoisotopic (exact) mass is 292 g/mol. The van der Waals surface area contributed by atoms with Crippen LogP contribution in [0.15, 0.2) is 24.3 Å². The lowest BCUT2D eigenvalue weighted by molar-refractivity contribution is -0.137. The van der Waals surface area contributed by atoms with Crippen LogP contribution in [-0.4, -0.2) is 22.8 Å². The van der Waals surface area contributed by atoms with Gasteiger partial charge in [0.25, 0.3) is 0 Å². The van der Waals surface area contributed by atoms with Gasteiger partial charge in [-0.1, -0.05) is 43.9 Å². The van der Waals surface area contributed by atoms with Gasteiger partial charge in [-0.3, -0.25) is 4.79 Å². The Morgan fingerprint density at radius 1 is 1.19 bits per heavy atom. The first-order chi connectivity index (χ1) is 10.2. The summed E-state index contributed by atoms with van der Waals surface area (Å²) in [4.78, 5) is 10.3. The lowest BCUT2D eigenvalue weighted by Crippen LogP contribution is -1.92. The van der Waals surface area contributed by atoms with Gasteiger partial charge in [-0.25, -0.2) is 0 Å².